The number of nitrogens with one attached hydrogen (secondary N) is 1. The molecule has 0 amide bonds. The minimum atomic E-state index is -3.70. The summed E-state index contributed by atoms with van der Waals surface area (Å²) in [6.07, 6.45) is 5.14. The van der Waals surface area contributed by atoms with E-state index in [-0.39, 0.29) is 0 Å². The Morgan fingerprint density at radius 1 is 0.886 bits per heavy atom. The summed E-state index contributed by atoms with van der Waals surface area (Å²) in [5.74, 6) is 0.866. The molecule has 8 nitrogen and oxygen atoms in total. The van der Waals surface area contributed by atoms with Gasteiger partial charge in [-0.15, -0.1) is 0 Å². The second-order valence-corrected chi connectivity index (χ2v) is 11.3. The van der Waals surface area contributed by atoms with Gasteiger partial charge in [-0.25, -0.2) is 9.97 Å². The van der Waals surface area contributed by atoms with Crippen LogP contribution in [0.15, 0.2) is 79.3 Å². The molecule has 3 heterocycles. The summed E-state index contributed by atoms with van der Waals surface area (Å²) in [6.45, 7) is 2.32. The highest BCUT2D eigenvalue weighted by Crippen LogP contribution is 2.47. The first-order chi connectivity index (χ1) is 17.1. The number of hydrogen-bond acceptors (Lipinski definition) is 5. The predicted octanol–water partition coefficient (Wildman–Crippen LogP) is 3.56. The smallest absolute Gasteiger partial charge is 0.283 e. The maximum absolute atomic E-state index is 14.2. The van der Waals surface area contributed by atoms with Crippen LogP contribution in [0.5, 0.6) is 0 Å². The molecule has 1 N–H and O–H groups in total. The molecule has 2 aliphatic rings. The number of aromatic amines is 1. The molecule has 6 rings (SSSR count). The van der Waals surface area contributed by atoms with Crippen LogP contribution in [-0.4, -0.2) is 57.2 Å². The van der Waals surface area contributed by atoms with E-state index >= 15 is 0 Å². The molecule has 0 unspecified atom stereocenters. The molecule has 180 valence electrons. The molecular weight excluding hydrogens is 460 g/mol. The number of nitrogens with zero attached hydrogens (tertiary/aromatic N) is 5. The first kappa shape index (κ1) is 22.2. The fourth-order valence-electron chi connectivity index (χ4n) is 5.10. The lowest BCUT2D eigenvalue weighted by Gasteiger charge is -2.43. The molecule has 1 saturated heterocycles. The van der Waals surface area contributed by atoms with Crippen LogP contribution in [0, 0.1) is 0 Å². The Hall–Kier alpha value is -3.27. The minimum absolute atomic E-state index is 0.338. The number of anilines is 1. The van der Waals surface area contributed by atoms with Crippen LogP contribution >= 0.6 is 0 Å². The summed E-state index contributed by atoms with van der Waals surface area (Å²) in [5.41, 5.74) is 2.36. The lowest BCUT2D eigenvalue weighted by Crippen LogP contribution is -2.60. The van der Waals surface area contributed by atoms with Gasteiger partial charge in [0.05, 0.1) is 10.9 Å². The average molecular weight is 489 g/mol. The van der Waals surface area contributed by atoms with E-state index in [0.29, 0.717) is 32.7 Å². The zero-order valence-electron chi connectivity index (χ0n) is 19.4. The van der Waals surface area contributed by atoms with Gasteiger partial charge in [-0.3, -0.25) is 0 Å². The first-order valence-electron chi connectivity index (χ1n) is 11.9. The molecule has 4 aromatic rings. The summed E-state index contributed by atoms with van der Waals surface area (Å²) in [4.78, 5) is 14.2. The van der Waals surface area contributed by atoms with Crippen LogP contribution in [0.4, 0.5) is 5.82 Å². The van der Waals surface area contributed by atoms with E-state index in [1.165, 1.54) is 0 Å². The second-order valence-electron chi connectivity index (χ2n) is 9.40. The van der Waals surface area contributed by atoms with E-state index in [1.807, 2.05) is 72.9 Å². The van der Waals surface area contributed by atoms with Crippen molar-refractivity contribution in [1.82, 2.24) is 23.6 Å². The van der Waals surface area contributed by atoms with E-state index < -0.39 is 15.7 Å². The van der Waals surface area contributed by atoms with Gasteiger partial charge < -0.3 is 9.88 Å². The Bertz CT molecular complexity index is 1380. The lowest BCUT2D eigenvalue weighted by atomic mass is 10.2. The number of benzene rings is 2. The van der Waals surface area contributed by atoms with Crippen molar-refractivity contribution < 1.29 is 8.42 Å². The minimum Gasteiger partial charge on any atom is -0.353 e. The fourth-order valence-corrected chi connectivity index (χ4v) is 7.04. The molecule has 1 saturated carbocycles. The zero-order valence-corrected chi connectivity index (χ0v) is 20.2. The summed E-state index contributed by atoms with van der Waals surface area (Å²) in [5, 5.41) is 0.967. The highest BCUT2D eigenvalue weighted by molar-refractivity contribution is 7.86. The van der Waals surface area contributed by atoms with Gasteiger partial charge in [-0.05, 0) is 30.0 Å². The Kier molecular flexibility index (Phi) is 5.55. The molecule has 0 radical (unpaired) electrons. The summed E-state index contributed by atoms with van der Waals surface area (Å²) >= 11 is 0. The summed E-state index contributed by atoms with van der Waals surface area (Å²) < 4.78 is 31.7. The van der Waals surface area contributed by atoms with Crippen molar-refractivity contribution >= 4 is 27.1 Å². The number of piperazine rings is 1. The van der Waals surface area contributed by atoms with Crippen molar-refractivity contribution in [2.24, 2.45) is 0 Å². The van der Waals surface area contributed by atoms with Crippen molar-refractivity contribution in [3.05, 3.63) is 90.4 Å². The van der Waals surface area contributed by atoms with Gasteiger partial charge in [-0.1, -0.05) is 60.7 Å². The van der Waals surface area contributed by atoms with Crippen molar-refractivity contribution in [3.63, 3.8) is 0 Å². The Morgan fingerprint density at radius 3 is 2.17 bits per heavy atom. The van der Waals surface area contributed by atoms with Crippen LogP contribution in [0.1, 0.15) is 24.0 Å². The maximum atomic E-state index is 14.2. The predicted molar refractivity (Wildman–Crippen MR) is 136 cm³/mol. The molecule has 35 heavy (non-hydrogen) atoms. The van der Waals surface area contributed by atoms with Gasteiger partial charge in [-0.2, -0.15) is 17.0 Å². The molecule has 2 fully saturated rings. The third kappa shape index (κ3) is 4.20. The van der Waals surface area contributed by atoms with Crippen LogP contribution in [-0.2, 0) is 23.3 Å². The topological polar surface area (TPSA) is 85.4 Å². The normalized spacial score (nSPS) is 17.9. The van der Waals surface area contributed by atoms with Crippen LogP contribution in [0.2, 0.25) is 0 Å². The molecule has 0 atom stereocenters. The van der Waals surface area contributed by atoms with Gasteiger partial charge in [0.25, 0.3) is 10.2 Å². The van der Waals surface area contributed by atoms with Gasteiger partial charge in [0.1, 0.15) is 17.8 Å². The van der Waals surface area contributed by atoms with Gasteiger partial charge >= 0.3 is 0 Å². The standard InChI is InChI=1S/C26H28N6O2S/c33-35(34,31(17-21-7-3-1-4-8-21)18-22-9-5-2-6-10-22)32-16-15-30(19-26(32)12-13-26)25-23-11-14-27-24(23)28-20-29-25/h1-11,14,20H,12-13,15-19H2,(H,27,28,29). The largest absolute Gasteiger partial charge is 0.353 e. The van der Waals surface area contributed by atoms with Gasteiger partial charge in [0, 0.05) is 38.9 Å². The Morgan fingerprint density at radius 2 is 1.54 bits per heavy atom. The Balaban J connectivity index is 1.29. The lowest BCUT2D eigenvalue weighted by molar-refractivity contribution is 0.241. The monoisotopic (exact) mass is 488 g/mol. The fraction of sp³-hybridized carbons (Fsp3) is 0.308. The average Bonchev–Trinajstić information content (AvgIpc) is 3.45. The number of rotatable bonds is 7. The highest BCUT2D eigenvalue weighted by atomic mass is 32.2. The van der Waals surface area contributed by atoms with E-state index in [2.05, 4.69) is 19.9 Å². The van der Waals surface area contributed by atoms with Crippen molar-refractivity contribution in [3.8, 4) is 0 Å². The van der Waals surface area contributed by atoms with Gasteiger partial charge in [0.15, 0.2) is 0 Å². The number of aromatic nitrogens is 3. The van der Waals surface area contributed by atoms with Gasteiger partial charge in [0.2, 0.25) is 0 Å². The molecule has 1 aliphatic carbocycles. The maximum Gasteiger partial charge on any atom is 0.283 e. The third-order valence-electron chi connectivity index (χ3n) is 7.06. The highest BCUT2D eigenvalue weighted by Gasteiger charge is 2.57. The first-order valence-corrected chi connectivity index (χ1v) is 13.3. The van der Waals surface area contributed by atoms with Crippen LogP contribution in [0.25, 0.3) is 11.0 Å². The Labute approximate surface area is 205 Å². The van der Waals surface area contributed by atoms with Crippen LogP contribution in [0.3, 0.4) is 0 Å². The zero-order chi connectivity index (χ0) is 23.9. The molecule has 1 spiro atoms. The van der Waals surface area contributed by atoms with E-state index in [0.717, 1.165) is 40.8 Å². The summed E-state index contributed by atoms with van der Waals surface area (Å²) in [7, 11) is -3.70. The number of hydrogen-bond donors (Lipinski definition) is 1. The quantitative estimate of drug-likeness (QED) is 0.430. The van der Waals surface area contributed by atoms with E-state index in [4.69, 9.17) is 0 Å². The van der Waals surface area contributed by atoms with E-state index in [1.54, 1.807) is 14.9 Å². The van der Waals surface area contributed by atoms with Crippen molar-refractivity contribution in [1.29, 1.82) is 0 Å². The summed E-state index contributed by atoms with van der Waals surface area (Å²) in [6, 6.07) is 21.6. The molecular formula is C26H28N6O2S. The molecule has 1 aliphatic heterocycles. The van der Waals surface area contributed by atoms with E-state index in [9.17, 15) is 8.42 Å². The number of H-pyrrole nitrogens is 1. The molecule has 9 heteroatoms. The number of fused-ring (bicyclic) bond motifs is 1. The SMILES string of the molecule is O=S(=O)(N(Cc1ccccc1)Cc1ccccc1)N1CCN(c2ncnc3[nH]ccc23)CC12CC2. The van der Waals surface area contributed by atoms with Crippen molar-refractivity contribution in [2.75, 3.05) is 24.5 Å². The third-order valence-corrected chi connectivity index (χ3v) is 9.09. The molecule has 2 aromatic carbocycles. The van der Waals surface area contributed by atoms with Crippen molar-refractivity contribution in [2.45, 2.75) is 31.5 Å². The molecule has 2 aromatic heterocycles. The van der Waals surface area contributed by atoms with Crippen LogP contribution < -0.4 is 4.90 Å². The molecule has 0 bridgehead atoms. The second kappa shape index (κ2) is 8.75.